The van der Waals surface area contributed by atoms with Crippen molar-refractivity contribution in [1.82, 2.24) is 5.32 Å². The Morgan fingerprint density at radius 3 is 1.20 bits per heavy atom. The summed E-state index contributed by atoms with van der Waals surface area (Å²) in [5, 5.41) is 22.1. The molecule has 4 nitrogen and oxygen atoms in total. The van der Waals surface area contributed by atoms with Crippen molar-refractivity contribution in [3.63, 3.8) is 0 Å². The predicted molar refractivity (Wildman–Crippen MR) is 193 cm³/mol. The van der Waals surface area contributed by atoms with Crippen molar-refractivity contribution in [3.05, 3.63) is 48.6 Å². The monoisotopic (exact) mass is 616 g/mol. The number of carbonyl (C=O) groups is 1. The van der Waals surface area contributed by atoms with E-state index in [9.17, 15) is 15.0 Å². The highest BCUT2D eigenvalue weighted by Crippen LogP contribution is 2.31. The Balaban J connectivity index is 3.98. The van der Waals surface area contributed by atoms with Crippen molar-refractivity contribution in [2.75, 3.05) is 13.2 Å². The third-order valence-corrected chi connectivity index (χ3v) is 8.77. The van der Waals surface area contributed by atoms with Crippen LogP contribution in [-0.4, -0.2) is 29.5 Å². The van der Waals surface area contributed by atoms with Gasteiger partial charge < -0.3 is 15.5 Å². The van der Waals surface area contributed by atoms with E-state index in [-0.39, 0.29) is 12.0 Å². The third-order valence-electron chi connectivity index (χ3n) is 8.77. The molecule has 0 aromatic heterocycles. The lowest BCUT2D eigenvalue weighted by atomic mass is 9.78. The molecule has 0 radical (unpaired) electrons. The van der Waals surface area contributed by atoms with Crippen LogP contribution in [0.4, 0.5) is 4.79 Å². The average molecular weight is 616 g/mol. The van der Waals surface area contributed by atoms with E-state index in [0.717, 1.165) is 51.4 Å². The first-order valence-electron chi connectivity index (χ1n) is 18.8. The first-order chi connectivity index (χ1) is 21.6. The molecule has 0 aliphatic rings. The molecule has 0 spiro atoms. The standard InChI is InChI=1S/C40H73NO3/c1-3-5-7-9-11-13-15-17-19-21-23-25-27-29-31-33-35-40(38-42,37-41-39(43)44)36-34-32-30-28-26-24-22-20-18-16-14-12-10-8-6-4-2/h11-14,17-20,41-42H,3-10,15-16,21-38H2,1-2H3,(H,43,44)/b13-11-,14-12-,19-17-,20-18-. The summed E-state index contributed by atoms with van der Waals surface area (Å²) in [4.78, 5) is 11.2. The van der Waals surface area contributed by atoms with Gasteiger partial charge in [0.05, 0.1) is 6.61 Å². The van der Waals surface area contributed by atoms with Gasteiger partial charge in [0.15, 0.2) is 0 Å². The molecule has 0 heterocycles. The number of amides is 1. The summed E-state index contributed by atoms with van der Waals surface area (Å²) < 4.78 is 0. The van der Waals surface area contributed by atoms with Crippen molar-refractivity contribution in [2.45, 2.75) is 181 Å². The van der Waals surface area contributed by atoms with Crippen LogP contribution in [0.3, 0.4) is 0 Å². The zero-order valence-corrected chi connectivity index (χ0v) is 29.2. The van der Waals surface area contributed by atoms with Gasteiger partial charge in [0.25, 0.3) is 0 Å². The van der Waals surface area contributed by atoms with Crippen molar-refractivity contribution >= 4 is 6.09 Å². The Morgan fingerprint density at radius 1 is 0.523 bits per heavy atom. The van der Waals surface area contributed by atoms with Crippen LogP contribution in [-0.2, 0) is 0 Å². The zero-order chi connectivity index (χ0) is 32.2. The van der Waals surface area contributed by atoms with Gasteiger partial charge in [0.1, 0.15) is 0 Å². The fourth-order valence-corrected chi connectivity index (χ4v) is 5.76. The van der Waals surface area contributed by atoms with Gasteiger partial charge in [-0.2, -0.15) is 0 Å². The molecule has 0 atom stereocenters. The summed E-state index contributed by atoms with van der Waals surface area (Å²) in [5.74, 6) is 0. The number of aliphatic hydroxyl groups is 1. The highest BCUT2D eigenvalue weighted by atomic mass is 16.4. The van der Waals surface area contributed by atoms with Gasteiger partial charge in [-0.25, -0.2) is 4.79 Å². The minimum atomic E-state index is -0.989. The van der Waals surface area contributed by atoms with Gasteiger partial charge in [-0.3, -0.25) is 0 Å². The first-order valence-corrected chi connectivity index (χ1v) is 18.8. The molecular formula is C40H73NO3. The van der Waals surface area contributed by atoms with E-state index in [1.54, 1.807) is 0 Å². The van der Waals surface area contributed by atoms with Gasteiger partial charge in [-0.1, -0.05) is 152 Å². The summed E-state index contributed by atoms with van der Waals surface area (Å²) in [6.07, 6.45) is 48.6. The molecule has 0 aromatic carbocycles. The van der Waals surface area contributed by atoms with Gasteiger partial charge >= 0.3 is 6.09 Å². The number of hydrogen-bond acceptors (Lipinski definition) is 2. The topological polar surface area (TPSA) is 69.6 Å². The number of hydrogen-bond donors (Lipinski definition) is 3. The molecule has 4 heteroatoms. The molecular weight excluding hydrogens is 542 g/mol. The Kier molecular flexibility index (Phi) is 32.7. The van der Waals surface area contributed by atoms with E-state index >= 15 is 0 Å². The number of allylic oxidation sites excluding steroid dienone is 8. The minimum absolute atomic E-state index is 0.0633. The molecule has 3 N–H and O–H groups in total. The lowest BCUT2D eigenvalue weighted by molar-refractivity contribution is 0.0949. The molecule has 44 heavy (non-hydrogen) atoms. The normalized spacial score (nSPS) is 12.5. The summed E-state index contributed by atoms with van der Waals surface area (Å²) in [7, 11) is 0. The molecule has 256 valence electrons. The van der Waals surface area contributed by atoms with E-state index in [1.807, 2.05) is 0 Å². The second-order valence-electron chi connectivity index (χ2n) is 13.0. The van der Waals surface area contributed by atoms with Gasteiger partial charge in [-0.05, 0) is 77.0 Å². The number of unbranched alkanes of at least 4 members (excludes halogenated alkanes) is 18. The van der Waals surface area contributed by atoms with Gasteiger partial charge in [0, 0.05) is 12.0 Å². The van der Waals surface area contributed by atoms with Crippen molar-refractivity contribution in [3.8, 4) is 0 Å². The summed E-state index contributed by atoms with van der Waals surface area (Å²) in [6.45, 7) is 4.92. The molecule has 0 saturated carbocycles. The number of carboxylic acid groups (broad SMARTS) is 1. The summed E-state index contributed by atoms with van der Waals surface area (Å²) in [6, 6.07) is 0. The lowest BCUT2D eigenvalue weighted by Crippen LogP contribution is -2.39. The molecule has 0 bridgehead atoms. The Morgan fingerprint density at radius 2 is 0.864 bits per heavy atom. The molecule has 0 rings (SSSR count). The molecule has 0 aliphatic carbocycles. The third kappa shape index (κ3) is 30.2. The molecule has 1 amide bonds. The fraction of sp³-hybridized carbons (Fsp3) is 0.775. The second kappa shape index (κ2) is 34.1. The van der Waals surface area contributed by atoms with Crippen LogP contribution >= 0.6 is 0 Å². The average Bonchev–Trinajstić information content (AvgIpc) is 3.02. The predicted octanol–water partition coefficient (Wildman–Crippen LogP) is 12.6. The van der Waals surface area contributed by atoms with Crippen LogP contribution in [0.1, 0.15) is 181 Å². The zero-order valence-electron chi connectivity index (χ0n) is 29.2. The molecule has 0 aliphatic heterocycles. The maximum absolute atomic E-state index is 11.2. The maximum atomic E-state index is 11.2. The van der Waals surface area contributed by atoms with Gasteiger partial charge in [-0.15, -0.1) is 0 Å². The molecule has 0 saturated heterocycles. The quantitative estimate of drug-likeness (QED) is 0.0508. The van der Waals surface area contributed by atoms with Crippen LogP contribution in [0.25, 0.3) is 0 Å². The van der Waals surface area contributed by atoms with Crippen molar-refractivity contribution in [1.29, 1.82) is 0 Å². The van der Waals surface area contributed by atoms with E-state index in [0.29, 0.717) is 6.54 Å². The van der Waals surface area contributed by atoms with Crippen LogP contribution in [0.2, 0.25) is 0 Å². The summed E-state index contributed by atoms with van der Waals surface area (Å²) in [5.41, 5.74) is -0.317. The fourth-order valence-electron chi connectivity index (χ4n) is 5.76. The van der Waals surface area contributed by atoms with Crippen molar-refractivity contribution in [2.24, 2.45) is 5.41 Å². The first kappa shape index (κ1) is 42.2. The Labute approximate surface area is 274 Å². The van der Waals surface area contributed by atoms with Crippen LogP contribution in [0.5, 0.6) is 0 Å². The van der Waals surface area contributed by atoms with E-state index in [4.69, 9.17) is 0 Å². The second-order valence-corrected chi connectivity index (χ2v) is 13.0. The van der Waals surface area contributed by atoms with Crippen molar-refractivity contribution < 1.29 is 15.0 Å². The SMILES string of the molecule is CCCCC/C=C\C/C=C\CCCCCCCCC(CO)(CCCCCCCC/C=C\C/C=C\CCCCC)CNC(=O)O. The molecule has 0 aromatic rings. The molecule has 0 fully saturated rings. The Hall–Kier alpha value is -1.81. The van der Waals surface area contributed by atoms with Gasteiger partial charge in [0.2, 0.25) is 0 Å². The molecule has 0 unspecified atom stereocenters. The summed E-state index contributed by atoms with van der Waals surface area (Å²) >= 11 is 0. The smallest absolute Gasteiger partial charge is 0.404 e. The number of aliphatic hydroxyl groups excluding tert-OH is 1. The van der Waals surface area contributed by atoms with Crippen LogP contribution < -0.4 is 5.32 Å². The van der Waals surface area contributed by atoms with E-state index < -0.39 is 6.09 Å². The van der Waals surface area contributed by atoms with Crippen LogP contribution in [0.15, 0.2) is 48.6 Å². The van der Waals surface area contributed by atoms with E-state index in [1.165, 1.54) is 116 Å². The number of rotatable bonds is 33. The van der Waals surface area contributed by atoms with Crippen LogP contribution in [0, 0.1) is 5.41 Å². The minimum Gasteiger partial charge on any atom is -0.465 e. The lowest BCUT2D eigenvalue weighted by Gasteiger charge is -2.32. The Bertz CT molecular complexity index is 676. The van der Waals surface area contributed by atoms with E-state index in [2.05, 4.69) is 67.8 Å². The largest absolute Gasteiger partial charge is 0.465 e. The maximum Gasteiger partial charge on any atom is 0.404 e. The highest BCUT2D eigenvalue weighted by molar-refractivity contribution is 5.64. The highest BCUT2D eigenvalue weighted by Gasteiger charge is 2.29. The number of nitrogens with one attached hydrogen (secondary N) is 1.